The topological polar surface area (TPSA) is 110 Å². The summed E-state index contributed by atoms with van der Waals surface area (Å²) in [6.45, 7) is 4.15. The Hall–Kier alpha value is -5.32. The quantitative estimate of drug-likeness (QED) is 0.140. The number of amides is 1. The van der Waals surface area contributed by atoms with E-state index in [4.69, 9.17) is 9.47 Å². The van der Waals surface area contributed by atoms with E-state index in [2.05, 4.69) is 81.6 Å². The fourth-order valence-corrected chi connectivity index (χ4v) is 6.61. The maximum Gasteiger partial charge on any atom is 0.271 e. The van der Waals surface area contributed by atoms with Gasteiger partial charge in [0.1, 0.15) is 5.69 Å². The number of carbonyl (C=O) groups excluding carboxylic acids is 1. The molecule has 0 saturated carbocycles. The van der Waals surface area contributed by atoms with Crippen molar-refractivity contribution in [3.05, 3.63) is 161 Å². The van der Waals surface area contributed by atoms with Crippen LogP contribution in [0, 0.1) is 5.92 Å². The molecule has 2 aromatic heterocycles. The van der Waals surface area contributed by atoms with Crippen LogP contribution in [0.4, 0.5) is 0 Å². The fourth-order valence-electron chi connectivity index (χ4n) is 6.61. The van der Waals surface area contributed by atoms with Gasteiger partial charge in [-0.15, -0.1) is 0 Å². The van der Waals surface area contributed by atoms with E-state index in [1.54, 1.807) is 0 Å². The third-order valence-electron chi connectivity index (χ3n) is 9.67. The van der Waals surface area contributed by atoms with Crippen molar-refractivity contribution in [1.82, 2.24) is 25.2 Å². The fraction of sp³-hybridized carbons (Fsp3) is 0.256. The van der Waals surface area contributed by atoms with E-state index in [0.29, 0.717) is 12.1 Å². The molecule has 0 radical (unpaired) electrons. The molecular weight excluding hydrogens is 651 g/mol. The minimum absolute atomic E-state index is 0.00118. The van der Waals surface area contributed by atoms with Gasteiger partial charge < -0.3 is 24.8 Å². The lowest BCUT2D eigenvalue weighted by molar-refractivity contribution is -0.275. The van der Waals surface area contributed by atoms with Crippen LogP contribution in [0.1, 0.15) is 57.8 Å². The average Bonchev–Trinajstić information content (AvgIpc) is 3.20. The van der Waals surface area contributed by atoms with Gasteiger partial charge in [0.2, 0.25) is 0 Å². The molecule has 2 N–H and O–H groups in total. The summed E-state index contributed by atoms with van der Waals surface area (Å²) < 4.78 is 13.4. The first-order chi connectivity index (χ1) is 25.4. The van der Waals surface area contributed by atoms with Gasteiger partial charge in [-0.05, 0) is 65.2 Å². The summed E-state index contributed by atoms with van der Waals surface area (Å²) >= 11 is 0. The predicted octanol–water partition coefficient (Wildman–Crippen LogP) is 7.08. The SMILES string of the molecule is C[C@H]1[C@@H](CN(C)CCc2ccccn2)O[C@@H](c2ccc(-c3cccc(CNC(=O)c4cnc5ccccc5n4)c3)cc2)O[C@H]1c1ccc(CO)cc1. The highest BCUT2D eigenvalue weighted by Gasteiger charge is 2.38. The highest BCUT2D eigenvalue weighted by Crippen LogP contribution is 2.42. The third-order valence-corrected chi connectivity index (χ3v) is 9.67. The zero-order valence-corrected chi connectivity index (χ0v) is 29.4. The molecule has 1 fully saturated rings. The van der Waals surface area contributed by atoms with E-state index in [1.165, 1.54) is 6.20 Å². The molecule has 9 nitrogen and oxygen atoms in total. The lowest BCUT2D eigenvalue weighted by Crippen LogP contribution is -2.43. The van der Waals surface area contributed by atoms with Crippen molar-refractivity contribution in [3.63, 3.8) is 0 Å². The second-order valence-corrected chi connectivity index (χ2v) is 13.4. The van der Waals surface area contributed by atoms with Gasteiger partial charge in [0.25, 0.3) is 5.91 Å². The maximum absolute atomic E-state index is 12.9. The number of benzene rings is 4. The molecular formula is C43H43N5O4. The van der Waals surface area contributed by atoms with Crippen LogP contribution in [0.5, 0.6) is 0 Å². The Bertz CT molecular complexity index is 2090. The summed E-state index contributed by atoms with van der Waals surface area (Å²) in [7, 11) is 2.13. The molecule has 264 valence electrons. The van der Waals surface area contributed by atoms with E-state index < -0.39 is 6.29 Å². The van der Waals surface area contributed by atoms with E-state index in [9.17, 15) is 9.90 Å². The molecule has 52 heavy (non-hydrogen) atoms. The molecule has 4 aromatic carbocycles. The molecule has 9 heteroatoms. The summed E-state index contributed by atoms with van der Waals surface area (Å²) in [5.74, 6) is -0.181. The van der Waals surface area contributed by atoms with Gasteiger partial charge >= 0.3 is 0 Å². The van der Waals surface area contributed by atoms with Gasteiger partial charge in [-0.2, -0.15) is 0 Å². The number of fused-ring (bicyclic) bond motifs is 1. The Labute approximate surface area is 304 Å². The van der Waals surface area contributed by atoms with Crippen LogP contribution in [0.15, 0.2) is 128 Å². The van der Waals surface area contributed by atoms with Crippen molar-refractivity contribution >= 4 is 16.9 Å². The van der Waals surface area contributed by atoms with E-state index in [0.717, 1.165) is 64.1 Å². The molecule has 0 aliphatic carbocycles. The van der Waals surface area contributed by atoms with Crippen LogP contribution >= 0.6 is 0 Å². The number of rotatable bonds is 12. The Morgan fingerprint density at radius 1 is 0.808 bits per heavy atom. The molecule has 1 aliphatic heterocycles. The molecule has 6 aromatic rings. The van der Waals surface area contributed by atoms with Gasteiger partial charge in [0.15, 0.2) is 6.29 Å². The summed E-state index contributed by atoms with van der Waals surface area (Å²) in [4.78, 5) is 28.5. The van der Waals surface area contributed by atoms with Gasteiger partial charge in [-0.25, -0.2) is 4.98 Å². The molecule has 3 heterocycles. The molecule has 0 unspecified atom stereocenters. The Morgan fingerprint density at radius 2 is 1.58 bits per heavy atom. The van der Waals surface area contributed by atoms with Crippen molar-refractivity contribution in [2.45, 2.75) is 45.0 Å². The number of ether oxygens (including phenoxy) is 2. The number of carbonyl (C=O) groups is 1. The van der Waals surface area contributed by atoms with Crippen LogP contribution in [-0.4, -0.2) is 57.1 Å². The van der Waals surface area contributed by atoms with Crippen molar-refractivity contribution in [1.29, 1.82) is 0 Å². The first-order valence-corrected chi connectivity index (χ1v) is 17.7. The highest BCUT2D eigenvalue weighted by molar-refractivity contribution is 5.93. The summed E-state index contributed by atoms with van der Waals surface area (Å²) in [6, 6.07) is 38.0. The lowest BCUT2D eigenvalue weighted by atomic mass is 9.90. The van der Waals surface area contributed by atoms with Crippen LogP contribution in [0.25, 0.3) is 22.2 Å². The molecule has 1 amide bonds. The molecule has 4 atom stereocenters. The van der Waals surface area contributed by atoms with Gasteiger partial charge in [-0.1, -0.05) is 91.9 Å². The Kier molecular flexibility index (Phi) is 11.0. The van der Waals surface area contributed by atoms with Crippen molar-refractivity contribution in [2.75, 3.05) is 20.1 Å². The molecule has 0 spiro atoms. The number of hydrogen-bond donors (Lipinski definition) is 2. The Balaban J connectivity index is 1.04. The van der Waals surface area contributed by atoms with Gasteiger partial charge in [0.05, 0.1) is 36.0 Å². The smallest absolute Gasteiger partial charge is 0.271 e. The number of para-hydroxylation sites is 2. The van der Waals surface area contributed by atoms with E-state index >= 15 is 0 Å². The van der Waals surface area contributed by atoms with Crippen LogP contribution in [0.3, 0.4) is 0 Å². The number of nitrogens with one attached hydrogen (secondary N) is 1. The lowest BCUT2D eigenvalue weighted by Gasteiger charge is -2.42. The Morgan fingerprint density at radius 3 is 2.35 bits per heavy atom. The number of aliphatic hydroxyl groups excluding tert-OH is 1. The van der Waals surface area contributed by atoms with Crippen LogP contribution in [0.2, 0.25) is 0 Å². The number of nitrogens with zero attached hydrogens (tertiary/aromatic N) is 4. The largest absolute Gasteiger partial charge is 0.392 e. The summed E-state index contributed by atoms with van der Waals surface area (Å²) in [5, 5.41) is 12.6. The first kappa shape index (κ1) is 35.1. The molecule has 1 aliphatic rings. The third kappa shape index (κ3) is 8.41. The maximum atomic E-state index is 12.9. The molecule has 7 rings (SSSR count). The van der Waals surface area contributed by atoms with Crippen LogP contribution < -0.4 is 5.32 Å². The number of aliphatic hydroxyl groups is 1. The summed E-state index contributed by atoms with van der Waals surface area (Å²) in [5.41, 5.74) is 8.72. The van der Waals surface area contributed by atoms with Crippen molar-refractivity contribution < 1.29 is 19.4 Å². The normalized spacial score (nSPS) is 18.8. The van der Waals surface area contributed by atoms with Crippen LogP contribution in [-0.2, 0) is 29.0 Å². The van der Waals surface area contributed by atoms with Gasteiger partial charge in [0, 0.05) is 49.4 Å². The minimum atomic E-state index is -0.554. The van der Waals surface area contributed by atoms with Crippen molar-refractivity contribution in [2.24, 2.45) is 5.92 Å². The molecule has 1 saturated heterocycles. The standard InChI is InChI=1S/C43H43N5O4/c1-29-40(27-48(2)23-21-36-10-5-6-22-44-36)51-43(52-41(29)33-15-13-30(28-49)14-16-33)34-19-17-32(18-20-34)35-9-7-8-31(24-35)25-46-42(50)39-26-45-37-11-3-4-12-38(37)47-39/h3-20,22,24,26,29,40-41,43,49H,21,23,25,27-28H2,1-2H3,(H,46,50)/t29-,40+,41+,43+/m0/s1. The number of hydrogen-bond acceptors (Lipinski definition) is 8. The number of aromatic nitrogens is 3. The zero-order chi connectivity index (χ0) is 35.9. The average molecular weight is 694 g/mol. The number of likely N-dealkylation sites (N-methyl/N-ethyl adjacent to an activating group) is 1. The van der Waals surface area contributed by atoms with E-state index in [1.807, 2.05) is 79.0 Å². The zero-order valence-electron chi connectivity index (χ0n) is 29.4. The first-order valence-electron chi connectivity index (χ1n) is 17.7. The second kappa shape index (κ2) is 16.4. The second-order valence-electron chi connectivity index (χ2n) is 13.4. The minimum Gasteiger partial charge on any atom is -0.392 e. The van der Waals surface area contributed by atoms with Gasteiger partial charge in [-0.3, -0.25) is 14.8 Å². The predicted molar refractivity (Wildman–Crippen MR) is 201 cm³/mol. The van der Waals surface area contributed by atoms with Crippen molar-refractivity contribution in [3.8, 4) is 11.1 Å². The van der Waals surface area contributed by atoms with E-state index in [-0.39, 0.29) is 36.3 Å². The summed E-state index contributed by atoms with van der Waals surface area (Å²) in [6.07, 6.45) is 3.38. The number of pyridine rings is 1. The molecule has 0 bridgehead atoms. The monoisotopic (exact) mass is 693 g/mol. The highest BCUT2D eigenvalue weighted by atomic mass is 16.7.